The Bertz CT molecular complexity index is 496. The molecule has 0 aliphatic carbocycles. The number of amides is 1. The average Bonchev–Trinajstić information content (AvgIpc) is 2.34. The summed E-state index contributed by atoms with van der Waals surface area (Å²) in [4.78, 5) is 25.0. The molecule has 0 saturated heterocycles. The number of carboxylic acids is 1. The largest absolute Gasteiger partial charge is 0.478 e. The van der Waals surface area contributed by atoms with E-state index in [1.165, 1.54) is 12.1 Å². The van der Waals surface area contributed by atoms with Crippen LogP contribution in [0.25, 0.3) is 0 Å². The molecule has 20 heavy (non-hydrogen) atoms. The number of carboxylic acid groups (broad SMARTS) is 1. The summed E-state index contributed by atoms with van der Waals surface area (Å²) in [6.45, 7) is 5.52. The molecule has 0 aliphatic rings. The lowest BCUT2D eigenvalue weighted by molar-refractivity contribution is 0.0697. The Kier molecular flexibility index (Phi) is 5.27. The smallest absolute Gasteiger partial charge is 0.335 e. The number of nitrogens with one attached hydrogen (secondary N) is 1. The molecule has 0 aliphatic heterocycles. The molecule has 0 unspecified atom stereocenters. The summed E-state index contributed by atoms with van der Waals surface area (Å²) >= 11 is 0. The molecular formula is C15H22N2O3. The number of nitrogens with zero attached hydrogens (tertiary/aromatic N) is 1. The summed E-state index contributed by atoms with van der Waals surface area (Å²) in [6, 6.07) is 6.04. The van der Waals surface area contributed by atoms with Crippen LogP contribution < -0.4 is 5.32 Å². The van der Waals surface area contributed by atoms with E-state index >= 15 is 0 Å². The third-order valence-electron chi connectivity index (χ3n) is 2.84. The Balaban J connectivity index is 2.68. The van der Waals surface area contributed by atoms with Crippen LogP contribution in [0.4, 0.5) is 0 Å². The molecule has 0 heterocycles. The maximum absolute atomic E-state index is 12.0. The van der Waals surface area contributed by atoms with Crippen molar-refractivity contribution in [2.45, 2.75) is 13.8 Å². The Labute approximate surface area is 119 Å². The van der Waals surface area contributed by atoms with Crippen LogP contribution in [0.1, 0.15) is 34.6 Å². The van der Waals surface area contributed by atoms with E-state index in [4.69, 9.17) is 5.11 Å². The molecule has 0 spiro atoms. The van der Waals surface area contributed by atoms with E-state index in [-0.39, 0.29) is 16.9 Å². The van der Waals surface area contributed by atoms with Gasteiger partial charge in [0.1, 0.15) is 0 Å². The zero-order chi connectivity index (χ0) is 15.3. The maximum Gasteiger partial charge on any atom is 0.335 e. The first-order chi connectivity index (χ1) is 9.21. The van der Waals surface area contributed by atoms with E-state index in [1.54, 1.807) is 12.1 Å². The van der Waals surface area contributed by atoms with Crippen molar-refractivity contribution < 1.29 is 14.7 Å². The fourth-order valence-electron chi connectivity index (χ4n) is 2.13. The number of aromatic carboxylic acids is 1. The molecule has 0 aromatic heterocycles. The van der Waals surface area contributed by atoms with Gasteiger partial charge in [0.25, 0.3) is 5.91 Å². The van der Waals surface area contributed by atoms with Crippen molar-refractivity contribution in [3.05, 3.63) is 35.4 Å². The first-order valence-electron chi connectivity index (χ1n) is 6.47. The number of hydrogen-bond donors (Lipinski definition) is 2. The van der Waals surface area contributed by atoms with Crippen LogP contribution in [0.5, 0.6) is 0 Å². The number of carbonyl (C=O) groups is 2. The van der Waals surface area contributed by atoms with E-state index < -0.39 is 5.97 Å². The minimum Gasteiger partial charge on any atom is -0.478 e. The summed E-state index contributed by atoms with van der Waals surface area (Å²) < 4.78 is 0. The SMILES string of the molecule is CN(C)CC(C)(C)CNC(=O)c1cccc(C(=O)O)c1. The van der Waals surface area contributed by atoms with Crippen LogP contribution in [0.3, 0.4) is 0 Å². The van der Waals surface area contributed by atoms with Gasteiger partial charge < -0.3 is 15.3 Å². The molecule has 110 valence electrons. The van der Waals surface area contributed by atoms with E-state index in [2.05, 4.69) is 24.1 Å². The second-order valence-corrected chi connectivity index (χ2v) is 5.97. The fourth-order valence-corrected chi connectivity index (χ4v) is 2.13. The Morgan fingerprint density at radius 1 is 1.25 bits per heavy atom. The van der Waals surface area contributed by atoms with Crippen LogP contribution in [0.15, 0.2) is 24.3 Å². The second kappa shape index (κ2) is 6.52. The number of benzene rings is 1. The highest BCUT2D eigenvalue weighted by Gasteiger charge is 2.20. The van der Waals surface area contributed by atoms with Gasteiger partial charge in [0.05, 0.1) is 5.56 Å². The van der Waals surface area contributed by atoms with E-state index in [0.29, 0.717) is 12.1 Å². The summed E-state index contributed by atoms with van der Waals surface area (Å²) in [5.41, 5.74) is 0.430. The average molecular weight is 278 g/mol. The molecule has 0 saturated carbocycles. The Hall–Kier alpha value is -1.88. The zero-order valence-electron chi connectivity index (χ0n) is 12.4. The zero-order valence-corrected chi connectivity index (χ0v) is 12.4. The van der Waals surface area contributed by atoms with Crippen LogP contribution >= 0.6 is 0 Å². The monoisotopic (exact) mass is 278 g/mol. The molecule has 5 nitrogen and oxygen atoms in total. The van der Waals surface area contributed by atoms with Gasteiger partial charge in [0.2, 0.25) is 0 Å². The number of rotatable bonds is 6. The molecule has 0 bridgehead atoms. The second-order valence-electron chi connectivity index (χ2n) is 5.97. The lowest BCUT2D eigenvalue weighted by atomic mass is 9.93. The molecule has 1 aromatic carbocycles. The van der Waals surface area contributed by atoms with Crippen molar-refractivity contribution in [3.63, 3.8) is 0 Å². The van der Waals surface area contributed by atoms with E-state index in [0.717, 1.165) is 6.54 Å². The maximum atomic E-state index is 12.0. The van der Waals surface area contributed by atoms with Crippen molar-refractivity contribution in [1.29, 1.82) is 0 Å². The predicted octanol–water partition coefficient (Wildman–Crippen LogP) is 1.70. The highest BCUT2D eigenvalue weighted by Crippen LogP contribution is 2.14. The molecule has 1 amide bonds. The molecule has 1 rings (SSSR count). The van der Waals surface area contributed by atoms with Crippen molar-refractivity contribution in [1.82, 2.24) is 10.2 Å². The topological polar surface area (TPSA) is 69.6 Å². The summed E-state index contributed by atoms with van der Waals surface area (Å²) in [7, 11) is 3.97. The Morgan fingerprint density at radius 3 is 2.40 bits per heavy atom. The van der Waals surface area contributed by atoms with Gasteiger partial charge in [0, 0.05) is 18.7 Å². The van der Waals surface area contributed by atoms with Gasteiger partial charge in [0.15, 0.2) is 0 Å². The first-order valence-corrected chi connectivity index (χ1v) is 6.47. The Morgan fingerprint density at radius 2 is 1.85 bits per heavy atom. The van der Waals surface area contributed by atoms with Gasteiger partial charge in [-0.15, -0.1) is 0 Å². The third-order valence-corrected chi connectivity index (χ3v) is 2.84. The fraction of sp³-hybridized carbons (Fsp3) is 0.467. The van der Waals surface area contributed by atoms with E-state index in [1.807, 2.05) is 14.1 Å². The van der Waals surface area contributed by atoms with Gasteiger partial charge in [-0.05, 0) is 37.7 Å². The van der Waals surface area contributed by atoms with Crippen molar-refractivity contribution in [2.75, 3.05) is 27.2 Å². The van der Waals surface area contributed by atoms with Crippen LogP contribution in [0.2, 0.25) is 0 Å². The number of hydrogen-bond acceptors (Lipinski definition) is 3. The van der Waals surface area contributed by atoms with Gasteiger partial charge in [-0.3, -0.25) is 4.79 Å². The normalized spacial score (nSPS) is 11.4. The molecular weight excluding hydrogens is 256 g/mol. The van der Waals surface area contributed by atoms with Crippen molar-refractivity contribution >= 4 is 11.9 Å². The lowest BCUT2D eigenvalue weighted by Gasteiger charge is -2.28. The quantitative estimate of drug-likeness (QED) is 0.831. The molecule has 0 atom stereocenters. The highest BCUT2D eigenvalue weighted by molar-refractivity contribution is 5.97. The molecule has 5 heteroatoms. The third kappa shape index (κ3) is 5.01. The van der Waals surface area contributed by atoms with Crippen LogP contribution in [-0.4, -0.2) is 49.1 Å². The van der Waals surface area contributed by atoms with Crippen LogP contribution in [-0.2, 0) is 0 Å². The molecule has 0 fully saturated rings. The van der Waals surface area contributed by atoms with Gasteiger partial charge in [-0.1, -0.05) is 19.9 Å². The molecule has 0 radical (unpaired) electrons. The van der Waals surface area contributed by atoms with Gasteiger partial charge >= 0.3 is 5.97 Å². The van der Waals surface area contributed by atoms with Gasteiger partial charge in [-0.2, -0.15) is 0 Å². The summed E-state index contributed by atoms with van der Waals surface area (Å²) in [5, 5.41) is 11.8. The van der Waals surface area contributed by atoms with Crippen molar-refractivity contribution in [2.24, 2.45) is 5.41 Å². The molecule has 1 aromatic rings. The summed E-state index contributed by atoms with van der Waals surface area (Å²) in [6.07, 6.45) is 0. The van der Waals surface area contributed by atoms with Gasteiger partial charge in [-0.25, -0.2) is 4.79 Å². The lowest BCUT2D eigenvalue weighted by Crippen LogP contribution is -2.40. The highest BCUT2D eigenvalue weighted by atomic mass is 16.4. The minimum absolute atomic E-state index is 0.0520. The predicted molar refractivity (Wildman–Crippen MR) is 78.1 cm³/mol. The van der Waals surface area contributed by atoms with E-state index in [9.17, 15) is 9.59 Å². The minimum atomic E-state index is -1.03. The number of carbonyl (C=O) groups excluding carboxylic acids is 1. The molecule has 2 N–H and O–H groups in total. The standard InChI is InChI=1S/C15H22N2O3/c1-15(2,10-17(3)4)9-16-13(18)11-6-5-7-12(8-11)14(19)20/h5-8H,9-10H2,1-4H3,(H,16,18)(H,19,20). The first kappa shape index (κ1) is 16.2. The summed E-state index contributed by atoms with van der Waals surface area (Å²) in [5.74, 6) is -1.28. The van der Waals surface area contributed by atoms with Crippen LogP contribution in [0, 0.1) is 5.41 Å². The van der Waals surface area contributed by atoms with Crippen molar-refractivity contribution in [3.8, 4) is 0 Å².